The van der Waals surface area contributed by atoms with E-state index in [1.807, 2.05) is 25.1 Å². The molecule has 0 heterocycles. The van der Waals surface area contributed by atoms with Crippen LogP contribution in [-0.4, -0.2) is 11.8 Å². The Labute approximate surface area is 151 Å². The molecular formula is C18H18Cl2N2O2. The van der Waals surface area contributed by atoms with Gasteiger partial charge in [-0.15, -0.1) is 0 Å². The number of hydrogen-bond donors (Lipinski definition) is 2. The molecule has 6 heteroatoms. The van der Waals surface area contributed by atoms with Crippen molar-refractivity contribution in [1.29, 1.82) is 0 Å². The van der Waals surface area contributed by atoms with E-state index in [4.69, 9.17) is 23.2 Å². The summed E-state index contributed by atoms with van der Waals surface area (Å²) in [5, 5.41) is 6.24. The van der Waals surface area contributed by atoms with E-state index in [1.165, 1.54) is 0 Å². The molecule has 0 saturated heterocycles. The average Bonchev–Trinajstić information content (AvgIpc) is 2.45. The highest BCUT2D eigenvalue weighted by Crippen LogP contribution is 2.26. The highest BCUT2D eigenvalue weighted by molar-refractivity contribution is 6.35. The Balaban J connectivity index is 2.12. The molecule has 2 aromatic rings. The van der Waals surface area contributed by atoms with Crippen LogP contribution < -0.4 is 10.6 Å². The van der Waals surface area contributed by atoms with E-state index >= 15 is 0 Å². The van der Waals surface area contributed by atoms with Crippen LogP contribution in [0.4, 0.5) is 11.4 Å². The first-order valence-corrected chi connectivity index (χ1v) is 8.10. The summed E-state index contributed by atoms with van der Waals surface area (Å²) in [6.45, 7) is 5.04. The highest BCUT2D eigenvalue weighted by atomic mass is 35.5. The second-order valence-corrected chi connectivity index (χ2v) is 6.93. The van der Waals surface area contributed by atoms with Crippen LogP contribution in [0.15, 0.2) is 42.5 Å². The zero-order valence-corrected chi connectivity index (χ0v) is 15.1. The van der Waals surface area contributed by atoms with Crippen molar-refractivity contribution in [2.24, 2.45) is 5.41 Å². The largest absolute Gasteiger partial charge is 0.325 e. The summed E-state index contributed by atoms with van der Waals surface area (Å²) in [6, 6.07) is 12.1. The van der Waals surface area contributed by atoms with Crippen molar-refractivity contribution < 1.29 is 9.59 Å². The zero-order valence-electron chi connectivity index (χ0n) is 13.6. The number of hydrogen-bond acceptors (Lipinski definition) is 2. The normalized spacial score (nSPS) is 11.0. The van der Waals surface area contributed by atoms with Crippen LogP contribution in [0.1, 0.15) is 19.4 Å². The lowest BCUT2D eigenvalue weighted by Crippen LogP contribution is -2.41. The summed E-state index contributed by atoms with van der Waals surface area (Å²) in [5.74, 6) is -0.857. The minimum atomic E-state index is -1.28. The van der Waals surface area contributed by atoms with Crippen molar-refractivity contribution in [3.63, 3.8) is 0 Å². The predicted octanol–water partition coefficient (Wildman–Crippen LogP) is 4.91. The fourth-order valence-corrected chi connectivity index (χ4v) is 2.55. The molecule has 0 aromatic heterocycles. The molecule has 0 aliphatic rings. The number of aryl methyl sites for hydroxylation is 1. The molecular weight excluding hydrogens is 347 g/mol. The molecule has 2 N–H and O–H groups in total. The van der Waals surface area contributed by atoms with Crippen LogP contribution in [0.2, 0.25) is 10.0 Å². The van der Waals surface area contributed by atoms with E-state index in [9.17, 15) is 9.59 Å². The summed E-state index contributed by atoms with van der Waals surface area (Å²) in [4.78, 5) is 25.0. The van der Waals surface area contributed by atoms with Crippen LogP contribution in [0.3, 0.4) is 0 Å². The number of carbonyl (C=O) groups is 2. The summed E-state index contributed by atoms with van der Waals surface area (Å²) in [7, 11) is 0. The summed E-state index contributed by atoms with van der Waals surface area (Å²) >= 11 is 11.8. The van der Waals surface area contributed by atoms with Crippen molar-refractivity contribution in [3.05, 3.63) is 58.1 Å². The SMILES string of the molecule is Cc1cccc(NC(=O)C(C)(C)C(=O)Nc2cc(Cl)cc(Cl)c2)c1. The molecule has 0 radical (unpaired) electrons. The lowest BCUT2D eigenvalue weighted by Gasteiger charge is -2.23. The number of nitrogens with one attached hydrogen (secondary N) is 2. The van der Waals surface area contributed by atoms with Crippen LogP contribution in [0, 0.1) is 12.3 Å². The van der Waals surface area contributed by atoms with E-state index < -0.39 is 17.2 Å². The van der Waals surface area contributed by atoms with Gasteiger partial charge in [0.1, 0.15) is 5.41 Å². The molecule has 0 bridgehead atoms. The van der Waals surface area contributed by atoms with Gasteiger partial charge in [-0.05, 0) is 56.7 Å². The number of benzene rings is 2. The Morgan fingerprint density at radius 2 is 1.42 bits per heavy atom. The summed E-state index contributed by atoms with van der Waals surface area (Å²) < 4.78 is 0. The number of carbonyl (C=O) groups excluding carboxylic acids is 2. The first kappa shape index (κ1) is 18.3. The van der Waals surface area contributed by atoms with Gasteiger partial charge in [0.25, 0.3) is 0 Å². The van der Waals surface area contributed by atoms with Crippen molar-refractivity contribution in [3.8, 4) is 0 Å². The molecule has 0 saturated carbocycles. The van der Waals surface area contributed by atoms with E-state index in [-0.39, 0.29) is 0 Å². The standard InChI is InChI=1S/C18H18Cl2N2O2/c1-11-5-4-6-14(7-11)21-16(23)18(2,3)17(24)22-15-9-12(19)8-13(20)10-15/h4-10H,1-3H3,(H,21,23)(H,22,24). The summed E-state index contributed by atoms with van der Waals surface area (Å²) in [5.41, 5.74) is 0.822. The molecule has 126 valence electrons. The van der Waals surface area contributed by atoms with Gasteiger partial charge in [-0.1, -0.05) is 35.3 Å². The third kappa shape index (κ3) is 4.49. The monoisotopic (exact) mass is 364 g/mol. The summed E-state index contributed by atoms with van der Waals surface area (Å²) in [6.07, 6.45) is 0. The molecule has 0 fully saturated rings. The molecule has 2 aromatic carbocycles. The smallest absolute Gasteiger partial charge is 0.239 e. The van der Waals surface area contributed by atoms with Crippen molar-refractivity contribution >= 4 is 46.4 Å². The highest BCUT2D eigenvalue weighted by Gasteiger charge is 2.36. The van der Waals surface area contributed by atoms with Crippen molar-refractivity contribution in [2.45, 2.75) is 20.8 Å². The molecule has 0 unspecified atom stereocenters. The van der Waals surface area contributed by atoms with Gasteiger partial charge in [0.2, 0.25) is 11.8 Å². The maximum atomic E-state index is 12.5. The Morgan fingerprint density at radius 3 is 1.96 bits per heavy atom. The van der Waals surface area contributed by atoms with Crippen LogP contribution >= 0.6 is 23.2 Å². The first-order chi connectivity index (χ1) is 11.2. The first-order valence-electron chi connectivity index (χ1n) is 7.34. The molecule has 0 aliphatic heterocycles. The van der Waals surface area contributed by atoms with Crippen LogP contribution in [-0.2, 0) is 9.59 Å². The Hall–Kier alpha value is -2.04. The molecule has 0 atom stereocenters. The van der Waals surface area contributed by atoms with E-state index in [1.54, 1.807) is 38.1 Å². The van der Waals surface area contributed by atoms with Crippen LogP contribution in [0.5, 0.6) is 0 Å². The topological polar surface area (TPSA) is 58.2 Å². The number of amides is 2. The van der Waals surface area contributed by atoms with Crippen molar-refractivity contribution in [1.82, 2.24) is 0 Å². The molecule has 24 heavy (non-hydrogen) atoms. The average molecular weight is 365 g/mol. The Morgan fingerprint density at radius 1 is 0.875 bits per heavy atom. The molecule has 0 aliphatic carbocycles. The maximum absolute atomic E-state index is 12.5. The van der Waals surface area contributed by atoms with Gasteiger partial charge in [-0.2, -0.15) is 0 Å². The van der Waals surface area contributed by atoms with Gasteiger partial charge in [0, 0.05) is 21.4 Å². The van der Waals surface area contributed by atoms with Crippen LogP contribution in [0.25, 0.3) is 0 Å². The third-order valence-electron chi connectivity index (χ3n) is 3.53. The molecule has 4 nitrogen and oxygen atoms in total. The van der Waals surface area contributed by atoms with Crippen molar-refractivity contribution in [2.75, 3.05) is 10.6 Å². The Bertz CT molecular complexity index is 768. The second kappa shape index (κ2) is 7.24. The zero-order chi connectivity index (χ0) is 17.9. The number of halogens is 2. The van der Waals surface area contributed by atoms with Gasteiger partial charge < -0.3 is 10.6 Å². The molecule has 0 spiro atoms. The fraction of sp³-hybridized carbons (Fsp3) is 0.222. The van der Waals surface area contributed by atoms with Gasteiger partial charge in [-0.3, -0.25) is 9.59 Å². The lowest BCUT2D eigenvalue weighted by molar-refractivity contribution is -0.135. The fourth-order valence-electron chi connectivity index (χ4n) is 2.03. The second-order valence-electron chi connectivity index (χ2n) is 6.06. The maximum Gasteiger partial charge on any atom is 0.239 e. The number of rotatable bonds is 4. The number of anilines is 2. The third-order valence-corrected chi connectivity index (χ3v) is 3.97. The van der Waals surface area contributed by atoms with Gasteiger partial charge in [0.15, 0.2) is 0 Å². The minimum Gasteiger partial charge on any atom is -0.325 e. The van der Waals surface area contributed by atoms with E-state index in [0.29, 0.717) is 21.4 Å². The predicted molar refractivity (Wildman–Crippen MR) is 98.7 cm³/mol. The van der Waals surface area contributed by atoms with Gasteiger partial charge >= 0.3 is 0 Å². The Kier molecular flexibility index (Phi) is 5.52. The van der Waals surface area contributed by atoms with E-state index in [0.717, 1.165) is 5.56 Å². The lowest BCUT2D eigenvalue weighted by atomic mass is 9.90. The minimum absolute atomic E-state index is 0.403. The van der Waals surface area contributed by atoms with E-state index in [2.05, 4.69) is 10.6 Å². The van der Waals surface area contributed by atoms with Gasteiger partial charge in [-0.25, -0.2) is 0 Å². The quantitative estimate of drug-likeness (QED) is 0.757. The molecule has 2 rings (SSSR count). The molecule has 2 amide bonds. The van der Waals surface area contributed by atoms with Gasteiger partial charge in [0.05, 0.1) is 0 Å².